The Morgan fingerprint density at radius 3 is 2.52 bits per heavy atom. The summed E-state index contributed by atoms with van der Waals surface area (Å²) in [5, 5.41) is 0.688. The molecule has 4 rings (SSSR count). The molecule has 0 unspecified atom stereocenters. The summed E-state index contributed by atoms with van der Waals surface area (Å²) in [4.78, 5) is 31.8. The van der Waals surface area contributed by atoms with Crippen molar-refractivity contribution in [3.63, 3.8) is 0 Å². The van der Waals surface area contributed by atoms with Gasteiger partial charge in [-0.1, -0.05) is 23.7 Å². The van der Waals surface area contributed by atoms with Crippen molar-refractivity contribution in [3.8, 4) is 0 Å². The molecule has 5 nitrogen and oxygen atoms in total. The molecule has 146 valence electrons. The molecule has 2 aliphatic heterocycles. The summed E-state index contributed by atoms with van der Waals surface area (Å²) < 4.78 is 0. The molecule has 1 aromatic carbocycles. The summed E-state index contributed by atoms with van der Waals surface area (Å²) in [6.45, 7) is 5.03. The van der Waals surface area contributed by atoms with Gasteiger partial charge >= 0.3 is 0 Å². The first-order valence-corrected chi connectivity index (χ1v) is 10.5. The minimum Gasteiger partial charge on any atom is -0.341 e. The van der Waals surface area contributed by atoms with E-state index in [9.17, 15) is 9.59 Å². The molecule has 1 aliphatic carbocycles. The lowest BCUT2D eigenvalue weighted by Crippen LogP contribution is -2.44. The van der Waals surface area contributed by atoms with Gasteiger partial charge in [-0.15, -0.1) is 0 Å². The molecule has 0 radical (unpaired) electrons. The van der Waals surface area contributed by atoms with Crippen molar-refractivity contribution in [2.75, 3.05) is 39.3 Å². The van der Waals surface area contributed by atoms with E-state index in [0.717, 1.165) is 57.0 Å². The van der Waals surface area contributed by atoms with Crippen LogP contribution in [0.15, 0.2) is 24.3 Å². The van der Waals surface area contributed by atoms with Crippen molar-refractivity contribution in [1.82, 2.24) is 14.7 Å². The second-order valence-corrected chi connectivity index (χ2v) is 8.54. The Balaban J connectivity index is 1.30. The van der Waals surface area contributed by atoms with Gasteiger partial charge in [0.1, 0.15) is 0 Å². The molecule has 0 N–H and O–H groups in total. The predicted molar refractivity (Wildman–Crippen MR) is 106 cm³/mol. The lowest BCUT2D eigenvalue weighted by atomic mass is 10.1. The van der Waals surface area contributed by atoms with Gasteiger partial charge in [0.05, 0.1) is 12.5 Å². The van der Waals surface area contributed by atoms with Crippen LogP contribution in [0, 0.1) is 5.92 Å². The molecule has 3 fully saturated rings. The minimum atomic E-state index is 0.0232. The third kappa shape index (κ3) is 4.64. The summed E-state index contributed by atoms with van der Waals surface area (Å²) in [5.74, 6) is 1.22. The smallest absolute Gasteiger partial charge is 0.240 e. The van der Waals surface area contributed by atoms with Crippen molar-refractivity contribution in [2.45, 2.75) is 38.1 Å². The lowest BCUT2D eigenvalue weighted by Gasteiger charge is -2.26. The van der Waals surface area contributed by atoms with E-state index >= 15 is 0 Å². The van der Waals surface area contributed by atoms with Gasteiger partial charge in [-0.05, 0) is 49.3 Å². The quantitative estimate of drug-likeness (QED) is 0.776. The van der Waals surface area contributed by atoms with Crippen molar-refractivity contribution >= 4 is 23.4 Å². The summed E-state index contributed by atoms with van der Waals surface area (Å²) in [5.41, 5.74) is 0.993. The van der Waals surface area contributed by atoms with Gasteiger partial charge in [0, 0.05) is 44.3 Å². The number of hydrogen-bond donors (Lipinski definition) is 0. The van der Waals surface area contributed by atoms with Crippen molar-refractivity contribution in [1.29, 1.82) is 0 Å². The van der Waals surface area contributed by atoms with Gasteiger partial charge in [0.25, 0.3) is 0 Å². The maximum Gasteiger partial charge on any atom is 0.240 e. The summed E-state index contributed by atoms with van der Waals surface area (Å²) in [6, 6.07) is 7.50. The SMILES string of the molecule is O=C(Cc1ccc(Cl)cc1)N1CCCN([C@@H]2CCN(CC3CC3)C2=O)CC1. The van der Waals surface area contributed by atoms with E-state index in [1.54, 1.807) is 0 Å². The fraction of sp³-hybridized carbons (Fsp3) is 0.619. The van der Waals surface area contributed by atoms with Crippen LogP contribution in [0.2, 0.25) is 5.02 Å². The molecule has 1 atom stereocenters. The standard InChI is InChI=1S/C21H28ClN3O2/c22-18-6-4-16(5-7-18)14-20(26)24-10-1-9-23(12-13-24)19-8-11-25(21(19)27)15-17-2-3-17/h4-7,17,19H,1-3,8-15H2/t19-/m1/s1. The number of likely N-dealkylation sites (tertiary alicyclic amines) is 1. The van der Waals surface area contributed by atoms with Crippen molar-refractivity contribution in [3.05, 3.63) is 34.9 Å². The Kier molecular flexibility index (Phi) is 5.69. The van der Waals surface area contributed by atoms with E-state index in [-0.39, 0.29) is 11.9 Å². The predicted octanol–water partition coefficient (Wildman–Crippen LogP) is 2.43. The number of benzene rings is 1. The van der Waals surface area contributed by atoms with Crippen LogP contribution in [0.25, 0.3) is 0 Å². The number of nitrogens with zero attached hydrogens (tertiary/aromatic N) is 3. The second kappa shape index (κ2) is 8.19. The number of carbonyl (C=O) groups is 2. The number of amides is 2. The Bertz CT molecular complexity index is 689. The molecule has 2 heterocycles. The number of hydrogen-bond acceptors (Lipinski definition) is 3. The summed E-state index contributed by atoms with van der Waals surface area (Å²) in [7, 11) is 0. The van der Waals surface area contributed by atoms with E-state index in [1.807, 2.05) is 29.2 Å². The van der Waals surface area contributed by atoms with Crippen LogP contribution in [0.1, 0.15) is 31.2 Å². The average Bonchev–Trinajstić information content (AvgIpc) is 3.44. The van der Waals surface area contributed by atoms with Gasteiger partial charge < -0.3 is 9.80 Å². The lowest BCUT2D eigenvalue weighted by molar-refractivity contribution is -0.132. The highest BCUT2D eigenvalue weighted by Crippen LogP contribution is 2.31. The first-order chi connectivity index (χ1) is 13.1. The summed E-state index contributed by atoms with van der Waals surface area (Å²) >= 11 is 5.92. The average molecular weight is 390 g/mol. The molecule has 1 aromatic rings. The summed E-state index contributed by atoms with van der Waals surface area (Å²) in [6.07, 6.45) is 4.84. The zero-order chi connectivity index (χ0) is 18.8. The van der Waals surface area contributed by atoms with Gasteiger partial charge in [-0.2, -0.15) is 0 Å². The highest BCUT2D eigenvalue weighted by atomic mass is 35.5. The number of carbonyl (C=O) groups excluding carboxylic acids is 2. The monoisotopic (exact) mass is 389 g/mol. The van der Waals surface area contributed by atoms with E-state index in [4.69, 9.17) is 11.6 Å². The van der Waals surface area contributed by atoms with Crippen LogP contribution in [0.5, 0.6) is 0 Å². The van der Waals surface area contributed by atoms with Crippen molar-refractivity contribution < 1.29 is 9.59 Å². The molecule has 6 heteroatoms. The molecule has 1 saturated carbocycles. The van der Waals surface area contributed by atoms with Gasteiger partial charge in [-0.3, -0.25) is 14.5 Å². The second-order valence-electron chi connectivity index (χ2n) is 8.11. The largest absolute Gasteiger partial charge is 0.341 e. The maximum absolute atomic E-state index is 12.8. The molecular formula is C21H28ClN3O2. The van der Waals surface area contributed by atoms with E-state index in [1.165, 1.54) is 12.8 Å². The Hall–Kier alpha value is -1.59. The number of rotatable bonds is 5. The van der Waals surface area contributed by atoms with Gasteiger partial charge in [0.2, 0.25) is 11.8 Å². The Morgan fingerprint density at radius 2 is 1.78 bits per heavy atom. The Labute approximate surface area is 166 Å². The van der Waals surface area contributed by atoms with Crippen molar-refractivity contribution in [2.24, 2.45) is 5.92 Å². The Morgan fingerprint density at radius 1 is 1.00 bits per heavy atom. The highest BCUT2D eigenvalue weighted by Gasteiger charge is 2.38. The highest BCUT2D eigenvalue weighted by molar-refractivity contribution is 6.30. The molecule has 0 spiro atoms. The van der Waals surface area contributed by atoms with Crippen LogP contribution in [0.3, 0.4) is 0 Å². The molecule has 2 saturated heterocycles. The first kappa shape index (κ1) is 18.8. The number of halogens is 1. The molecule has 0 aromatic heterocycles. The minimum absolute atomic E-state index is 0.0232. The maximum atomic E-state index is 12.8. The van der Waals surface area contributed by atoms with Crippen LogP contribution in [0.4, 0.5) is 0 Å². The molecule has 27 heavy (non-hydrogen) atoms. The zero-order valence-corrected chi connectivity index (χ0v) is 16.5. The fourth-order valence-electron chi connectivity index (χ4n) is 4.24. The van der Waals surface area contributed by atoms with Crippen LogP contribution in [-0.2, 0) is 16.0 Å². The van der Waals surface area contributed by atoms with E-state index in [2.05, 4.69) is 9.80 Å². The third-order valence-corrected chi connectivity index (χ3v) is 6.29. The zero-order valence-electron chi connectivity index (χ0n) is 15.8. The topological polar surface area (TPSA) is 43.9 Å². The first-order valence-electron chi connectivity index (χ1n) is 10.2. The fourth-order valence-corrected chi connectivity index (χ4v) is 4.37. The van der Waals surface area contributed by atoms with Crippen LogP contribution in [-0.4, -0.2) is 71.8 Å². The van der Waals surface area contributed by atoms with Gasteiger partial charge in [-0.25, -0.2) is 0 Å². The van der Waals surface area contributed by atoms with E-state index in [0.29, 0.717) is 23.9 Å². The van der Waals surface area contributed by atoms with Crippen LogP contribution >= 0.6 is 11.6 Å². The molecule has 3 aliphatic rings. The molecular weight excluding hydrogens is 362 g/mol. The molecule has 0 bridgehead atoms. The van der Waals surface area contributed by atoms with Gasteiger partial charge in [0.15, 0.2) is 0 Å². The van der Waals surface area contributed by atoms with Crippen LogP contribution < -0.4 is 0 Å². The molecule has 2 amide bonds. The normalized spacial score (nSPS) is 24.3. The van der Waals surface area contributed by atoms with E-state index < -0.39 is 0 Å². The third-order valence-electron chi connectivity index (χ3n) is 6.04.